The summed E-state index contributed by atoms with van der Waals surface area (Å²) in [6, 6.07) is 9.51. The van der Waals surface area contributed by atoms with Gasteiger partial charge in [0.15, 0.2) is 0 Å². The lowest BCUT2D eigenvalue weighted by molar-refractivity contribution is 0.0953. The fourth-order valence-electron chi connectivity index (χ4n) is 1.95. The van der Waals surface area contributed by atoms with Crippen molar-refractivity contribution in [2.45, 2.75) is 25.5 Å². The maximum atomic E-state index is 12.2. The van der Waals surface area contributed by atoms with E-state index in [0.29, 0.717) is 18.0 Å². The first kappa shape index (κ1) is 15.6. The molecule has 0 radical (unpaired) electrons. The Morgan fingerprint density at radius 3 is 2.67 bits per heavy atom. The highest BCUT2D eigenvalue weighted by atomic mass is 32.2. The fourth-order valence-corrected chi connectivity index (χ4v) is 2.85. The molecule has 1 aromatic heterocycles. The molecule has 1 atom stereocenters. The van der Waals surface area contributed by atoms with Crippen LogP contribution in [0.2, 0.25) is 0 Å². The van der Waals surface area contributed by atoms with Crippen LogP contribution in [0.1, 0.15) is 31.3 Å². The third-order valence-electron chi connectivity index (χ3n) is 3.14. The molecule has 0 spiro atoms. The van der Waals surface area contributed by atoms with Crippen LogP contribution in [0.4, 0.5) is 0 Å². The van der Waals surface area contributed by atoms with Gasteiger partial charge in [-0.05, 0) is 32.2 Å². The van der Waals surface area contributed by atoms with Crippen LogP contribution in [-0.4, -0.2) is 32.1 Å². The molecular weight excluding hydrogens is 284 g/mol. The molecule has 1 heterocycles. The Labute approximate surface area is 127 Å². The summed E-state index contributed by atoms with van der Waals surface area (Å²) in [5.41, 5.74) is 0.412. The zero-order valence-electron chi connectivity index (χ0n) is 12.6. The quantitative estimate of drug-likeness (QED) is 0.944. The molecule has 1 amide bonds. The zero-order chi connectivity index (χ0) is 15.5. The Bertz CT molecular complexity index is 672. The maximum Gasteiger partial charge on any atom is 0.270 e. The van der Waals surface area contributed by atoms with Crippen LogP contribution in [0.3, 0.4) is 0 Å². The average Bonchev–Trinajstić information content (AvgIpc) is 2.45. The van der Waals surface area contributed by atoms with Gasteiger partial charge in [0.05, 0.1) is 0 Å². The number of aromatic nitrogens is 1. The van der Waals surface area contributed by atoms with Crippen LogP contribution in [-0.2, 0) is 10.8 Å². The standard InChI is InChI=1S/C16H20N2O2S/c1-16(2,3)21(20)11-10-18-15(19)14-13-7-5-4-6-12(13)8-9-17-14/h4-9H,10-11H2,1-3H3,(H,18,19). The van der Waals surface area contributed by atoms with Gasteiger partial charge >= 0.3 is 0 Å². The molecule has 1 aromatic carbocycles. The molecule has 0 aliphatic heterocycles. The Balaban J connectivity index is 2.05. The van der Waals surface area contributed by atoms with E-state index in [9.17, 15) is 9.00 Å². The second-order valence-corrected chi connectivity index (χ2v) is 8.12. The van der Waals surface area contributed by atoms with Gasteiger partial charge in [-0.3, -0.25) is 14.0 Å². The SMILES string of the molecule is CC(C)(C)S(=O)CCNC(=O)c1nccc2ccccc12. The number of nitrogens with zero attached hydrogens (tertiary/aromatic N) is 1. The summed E-state index contributed by atoms with van der Waals surface area (Å²) < 4.78 is 11.7. The lowest BCUT2D eigenvalue weighted by Gasteiger charge is -2.17. The topological polar surface area (TPSA) is 59.1 Å². The summed E-state index contributed by atoms with van der Waals surface area (Å²) in [6.07, 6.45) is 1.63. The Hall–Kier alpha value is -1.75. The lowest BCUT2D eigenvalue weighted by Crippen LogP contribution is -2.33. The van der Waals surface area contributed by atoms with Gasteiger partial charge < -0.3 is 5.32 Å². The number of pyridine rings is 1. The van der Waals surface area contributed by atoms with Gasteiger partial charge in [-0.2, -0.15) is 0 Å². The monoisotopic (exact) mass is 304 g/mol. The van der Waals surface area contributed by atoms with Gasteiger partial charge in [0, 0.05) is 39.4 Å². The minimum Gasteiger partial charge on any atom is -0.350 e. The highest BCUT2D eigenvalue weighted by Gasteiger charge is 2.19. The van der Waals surface area contributed by atoms with Crippen molar-refractivity contribution in [1.29, 1.82) is 0 Å². The first-order valence-electron chi connectivity index (χ1n) is 6.90. The third-order valence-corrected chi connectivity index (χ3v) is 5.09. The van der Waals surface area contributed by atoms with Crippen molar-refractivity contribution in [3.63, 3.8) is 0 Å². The van der Waals surface area contributed by atoms with E-state index in [4.69, 9.17) is 0 Å². The summed E-state index contributed by atoms with van der Waals surface area (Å²) in [6.45, 7) is 6.17. The zero-order valence-corrected chi connectivity index (χ0v) is 13.4. The number of rotatable bonds is 4. The summed E-state index contributed by atoms with van der Waals surface area (Å²) in [4.78, 5) is 16.4. The van der Waals surface area contributed by atoms with E-state index in [2.05, 4.69) is 10.3 Å². The largest absolute Gasteiger partial charge is 0.350 e. The average molecular weight is 304 g/mol. The molecule has 1 unspecified atom stereocenters. The second-order valence-electron chi connectivity index (χ2n) is 5.80. The second kappa shape index (κ2) is 6.35. The number of hydrogen-bond acceptors (Lipinski definition) is 3. The molecule has 21 heavy (non-hydrogen) atoms. The molecule has 0 bridgehead atoms. The number of benzene rings is 1. The van der Waals surface area contributed by atoms with E-state index in [1.165, 1.54) is 0 Å². The summed E-state index contributed by atoms with van der Waals surface area (Å²) in [5, 5.41) is 4.61. The van der Waals surface area contributed by atoms with Gasteiger partial charge in [0.1, 0.15) is 5.69 Å². The van der Waals surface area contributed by atoms with Gasteiger partial charge in [0.2, 0.25) is 0 Å². The minimum absolute atomic E-state index is 0.224. The van der Waals surface area contributed by atoms with E-state index < -0.39 is 10.8 Å². The highest BCUT2D eigenvalue weighted by molar-refractivity contribution is 7.86. The molecule has 4 nitrogen and oxygen atoms in total. The number of fused-ring (bicyclic) bond motifs is 1. The predicted molar refractivity (Wildman–Crippen MR) is 86.8 cm³/mol. The molecule has 0 saturated heterocycles. The van der Waals surface area contributed by atoms with Crippen molar-refractivity contribution >= 4 is 27.5 Å². The maximum absolute atomic E-state index is 12.2. The molecule has 0 aliphatic rings. The van der Waals surface area contributed by atoms with Crippen molar-refractivity contribution in [3.8, 4) is 0 Å². The van der Waals surface area contributed by atoms with Crippen LogP contribution in [0, 0.1) is 0 Å². The highest BCUT2D eigenvalue weighted by Crippen LogP contribution is 2.16. The van der Waals surface area contributed by atoms with Crippen LogP contribution in [0.5, 0.6) is 0 Å². The smallest absolute Gasteiger partial charge is 0.270 e. The molecule has 0 fully saturated rings. The molecule has 112 valence electrons. The van der Waals surface area contributed by atoms with Gasteiger partial charge in [-0.25, -0.2) is 0 Å². The number of amides is 1. The van der Waals surface area contributed by atoms with Crippen LogP contribution < -0.4 is 5.32 Å². The van der Waals surface area contributed by atoms with E-state index in [1.807, 2.05) is 51.1 Å². The van der Waals surface area contributed by atoms with Crippen LogP contribution in [0.25, 0.3) is 10.8 Å². The van der Waals surface area contributed by atoms with Crippen molar-refractivity contribution in [2.75, 3.05) is 12.3 Å². The van der Waals surface area contributed by atoms with Crippen molar-refractivity contribution in [1.82, 2.24) is 10.3 Å². The lowest BCUT2D eigenvalue weighted by atomic mass is 10.1. The first-order chi connectivity index (χ1) is 9.89. The molecular formula is C16H20N2O2S. The van der Waals surface area contributed by atoms with E-state index in [1.54, 1.807) is 6.20 Å². The van der Waals surface area contributed by atoms with Crippen molar-refractivity contribution < 1.29 is 9.00 Å². The Kier molecular flexibility index (Phi) is 4.73. The summed E-state index contributed by atoms with van der Waals surface area (Å²) >= 11 is 0. The summed E-state index contributed by atoms with van der Waals surface area (Å²) in [5.74, 6) is 0.220. The van der Waals surface area contributed by atoms with E-state index >= 15 is 0 Å². The predicted octanol–water partition coefficient (Wildman–Crippen LogP) is 2.51. The minimum atomic E-state index is -0.972. The fraction of sp³-hybridized carbons (Fsp3) is 0.375. The molecule has 0 aliphatic carbocycles. The first-order valence-corrected chi connectivity index (χ1v) is 8.22. The molecule has 2 rings (SSSR count). The molecule has 0 saturated carbocycles. The van der Waals surface area contributed by atoms with E-state index in [-0.39, 0.29) is 10.7 Å². The van der Waals surface area contributed by atoms with Crippen molar-refractivity contribution in [3.05, 3.63) is 42.2 Å². The molecule has 5 heteroatoms. The third kappa shape index (κ3) is 3.88. The number of hydrogen-bond donors (Lipinski definition) is 1. The van der Waals surface area contributed by atoms with Crippen LogP contribution in [0.15, 0.2) is 36.5 Å². The normalized spacial score (nSPS) is 13.1. The number of nitrogens with one attached hydrogen (secondary N) is 1. The molecule has 2 aromatic rings. The van der Waals surface area contributed by atoms with Crippen molar-refractivity contribution in [2.24, 2.45) is 0 Å². The number of carbonyl (C=O) groups is 1. The van der Waals surface area contributed by atoms with E-state index in [0.717, 1.165) is 10.8 Å². The van der Waals surface area contributed by atoms with Gasteiger partial charge in [-0.15, -0.1) is 0 Å². The Morgan fingerprint density at radius 2 is 1.95 bits per heavy atom. The van der Waals surface area contributed by atoms with Crippen LogP contribution >= 0.6 is 0 Å². The number of carbonyl (C=O) groups excluding carboxylic acids is 1. The van der Waals surface area contributed by atoms with Gasteiger partial charge in [0.25, 0.3) is 5.91 Å². The summed E-state index contributed by atoms with van der Waals surface area (Å²) in [7, 11) is -0.972. The Morgan fingerprint density at radius 1 is 1.24 bits per heavy atom. The van der Waals surface area contributed by atoms with Gasteiger partial charge in [-0.1, -0.05) is 24.3 Å². The molecule has 1 N–H and O–H groups in total.